The summed E-state index contributed by atoms with van der Waals surface area (Å²) >= 11 is 0. The molecular formula is C12H25O3P. The van der Waals surface area contributed by atoms with Gasteiger partial charge >= 0.3 is 7.60 Å². The maximum atomic E-state index is 12.5. The molecule has 4 heteroatoms. The van der Waals surface area contributed by atoms with Crippen LogP contribution < -0.4 is 0 Å². The summed E-state index contributed by atoms with van der Waals surface area (Å²) < 4.78 is 23.2. The monoisotopic (exact) mass is 248 g/mol. The van der Waals surface area contributed by atoms with Gasteiger partial charge in [0.1, 0.15) is 0 Å². The van der Waals surface area contributed by atoms with Gasteiger partial charge < -0.3 is 9.05 Å². The fraction of sp³-hybridized carbons (Fsp3) is 0.833. The average molecular weight is 248 g/mol. The lowest BCUT2D eigenvalue weighted by Crippen LogP contribution is -1.99. The maximum absolute atomic E-state index is 12.5. The first-order chi connectivity index (χ1) is 7.64. The number of unbranched alkanes of at least 4 members (excludes halogenated alkanes) is 1. The number of hydrogen-bond acceptors (Lipinski definition) is 3. The van der Waals surface area contributed by atoms with Crippen LogP contribution >= 0.6 is 7.60 Å². The third kappa shape index (κ3) is 5.29. The molecule has 0 bridgehead atoms. The van der Waals surface area contributed by atoms with E-state index in [0.29, 0.717) is 13.2 Å². The molecule has 96 valence electrons. The first-order valence-electron chi connectivity index (χ1n) is 6.23. The molecule has 0 unspecified atom stereocenters. The summed E-state index contributed by atoms with van der Waals surface area (Å²) in [5.41, 5.74) is 0. The van der Waals surface area contributed by atoms with Gasteiger partial charge in [-0.25, -0.2) is 0 Å². The van der Waals surface area contributed by atoms with Crippen LogP contribution in [0.15, 0.2) is 11.4 Å². The zero-order chi connectivity index (χ0) is 12.4. The van der Waals surface area contributed by atoms with Gasteiger partial charge in [0.25, 0.3) is 0 Å². The largest absolute Gasteiger partial charge is 0.356 e. The molecule has 0 saturated heterocycles. The fourth-order valence-electron chi connectivity index (χ4n) is 1.46. The van der Waals surface area contributed by atoms with Crippen molar-refractivity contribution in [3.05, 3.63) is 11.4 Å². The summed E-state index contributed by atoms with van der Waals surface area (Å²) in [5.74, 6) is 0. The van der Waals surface area contributed by atoms with Crippen LogP contribution in [0.2, 0.25) is 0 Å². The van der Waals surface area contributed by atoms with E-state index in [1.165, 1.54) is 0 Å². The van der Waals surface area contributed by atoms with Gasteiger partial charge in [0, 0.05) is 5.31 Å². The van der Waals surface area contributed by atoms with E-state index in [2.05, 4.69) is 13.8 Å². The second-order valence-corrected chi connectivity index (χ2v) is 5.65. The van der Waals surface area contributed by atoms with Gasteiger partial charge in [-0.05, 0) is 26.7 Å². The summed E-state index contributed by atoms with van der Waals surface area (Å²) in [5, 5.41) is 0.848. The molecule has 0 radical (unpaired) electrons. The molecule has 0 spiro atoms. The molecular weight excluding hydrogens is 223 g/mol. The van der Waals surface area contributed by atoms with Crippen molar-refractivity contribution >= 4 is 7.60 Å². The molecule has 0 amide bonds. The van der Waals surface area contributed by atoms with E-state index in [4.69, 9.17) is 9.05 Å². The minimum Gasteiger partial charge on any atom is -0.306 e. The molecule has 0 rings (SSSR count). The van der Waals surface area contributed by atoms with Crippen LogP contribution in [-0.2, 0) is 13.6 Å². The lowest BCUT2D eigenvalue weighted by molar-refractivity contribution is 0.225. The molecule has 0 N–H and O–H groups in total. The predicted octanol–water partition coefficient (Wildman–Crippen LogP) is 4.74. The highest BCUT2D eigenvalue weighted by Gasteiger charge is 2.28. The van der Waals surface area contributed by atoms with Crippen LogP contribution in [0.25, 0.3) is 0 Å². The Bertz CT molecular complexity index is 239. The topological polar surface area (TPSA) is 35.5 Å². The van der Waals surface area contributed by atoms with Crippen molar-refractivity contribution in [1.82, 2.24) is 0 Å². The van der Waals surface area contributed by atoms with Gasteiger partial charge in [-0.15, -0.1) is 0 Å². The Labute approximate surface area is 99.8 Å². The lowest BCUT2D eigenvalue weighted by atomic mass is 10.2. The van der Waals surface area contributed by atoms with Gasteiger partial charge in [0.2, 0.25) is 0 Å². The Hall–Kier alpha value is -0.110. The van der Waals surface area contributed by atoms with Gasteiger partial charge in [-0.2, -0.15) is 0 Å². The van der Waals surface area contributed by atoms with Gasteiger partial charge in [0.05, 0.1) is 13.2 Å². The third-order valence-corrected chi connectivity index (χ3v) is 4.43. The van der Waals surface area contributed by atoms with Crippen molar-refractivity contribution in [2.75, 3.05) is 13.2 Å². The van der Waals surface area contributed by atoms with Gasteiger partial charge in [-0.1, -0.05) is 32.8 Å². The van der Waals surface area contributed by atoms with Crippen molar-refractivity contribution in [1.29, 1.82) is 0 Å². The first kappa shape index (κ1) is 15.9. The number of hydrogen-bond donors (Lipinski definition) is 0. The zero-order valence-corrected chi connectivity index (χ0v) is 11.9. The lowest BCUT2D eigenvalue weighted by Gasteiger charge is -2.19. The van der Waals surface area contributed by atoms with Crippen LogP contribution in [0.3, 0.4) is 0 Å². The quantitative estimate of drug-likeness (QED) is 0.553. The van der Waals surface area contributed by atoms with Crippen LogP contribution in [0.4, 0.5) is 0 Å². The predicted molar refractivity (Wildman–Crippen MR) is 68.8 cm³/mol. The van der Waals surface area contributed by atoms with Crippen molar-refractivity contribution in [3.8, 4) is 0 Å². The van der Waals surface area contributed by atoms with E-state index >= 15 is 0 Å². The highest BCUT2D eigenvalue weighted by atomic mass is 31.2. The van der Waals surface area contributed by atoms with Crippen LogP contribution in [0.1, 0.15) is 53.4 Å². The molecule has 0 aliphatic heterocycles. The molecule has 0 aromatic rings. The standard InChI is InChI=1S/C12H25O3P/c1-5-9-11-12(10-6-2)16(13,14-7-3)15-8-4/h11H,5-10H2,1-4H3/b12-11+. The summed E-state index contributed by atoms with van der Waals surface area (Å²) in [6.45, 7) is 8.70. The number of rotatable bonds is 9. The highest BCUT2D eigenvalue weighted by molar-refractivity contribution is 7.58. The minimum atomic E-state index is -3.01. The molecule has 0 aromatic carbocycles. The van der Waals surface area contributed by atoms with E-state index in [1.54, 1.807) is 0 Å². The number of allylic oxidation sites excluding steroid dienone is 2. The molecule has 0 fully saturated rings. The average Bonchev–Trinajstić information content (AvgIpc) is 2.24. The van der Waals surface area contributed by atoms with E-state index in [-0.39, 0.29) is 0 Å². The second-order valence-electron chi connectivity index (χ2n) is 3.57. The summed E-state index contributed by atoms with van der Waals surface area (Å²) in [7, 11) is -3.01. The Morgan fingerprint density at radius 3 is 2.00 bits per heavy atom. The highest BCUT2D eigenvalue weighted by Crippen LogP contribution is 2.57. The smallest absolute Gasteiger partial charge is 0.306 e. The molecule has 0 saturated carbocycles. The van der Waals surface area contributed by atoms with Crippen molar-refractivity contribution in [2.24, 2.45) is 0 Å². The van der Waals surface area contributed by atoms with E-state index in [0.717, 1.165) is 31.0 Å². The van der Waals surface area contributed by atoms with E-state index in [9.17, 15) is 4.57 Å². The summed E-state index contributed by atoms with van der Waals surface area (Å²) in [6.07, 6.45) is 5.75. The Balaban J connectivity index is 4.85. The van der Waals surface area contributed by atoms with Crippen LogP contribution in [-0.4, -0.2) is 13.2 Å². The van der Waals surface area contributed by atoms with Crippen LogP contribution in [0, 0.1) is 0 Å². The Kier molecular flexibility index (Phi) is 8.91. The molecule has 16 heavy (non-hydrogen) atoms. The third-order valence-electron chi connectivity index (χ3n) is 2.12. The normalized spacial score (nSPS) is 13.1. The Morgan fingerprint density at radius 1 is 1.06 bits per heavy atom. The molecule has 3 nitrogen and oxygen atoms in total. The fourth-order valence-corrected chi connectivity index (χ4v) is 3.40. The zero-order valence-electron chi connectivity index (χ0n) is 11.0. The van der Waals surface area contributed by atoms with Gasteiger partial charge in [-0.3, -0.25) is 4.57 Å². The molecule has 0 aliphatic rings. The summed E-state index contributed by atoms with van der Waals surface area (Å²) in [6, 6.07) is 0. The van der Waals surface area contributed by atoms with Crippen molar-refractivity contribution in [2.45, 2.75) is 53.4 Å². The van der Waals surface area contributed by atoms with Crippen molar-refractivity contribution < 1.29 is 13.6 Å². The summed E-state index contributed by atoms with van der Waals surface area (Å²) in [4.78, 5) is 0. The minimum absolute atomic E-state index is 0.421. The second kappa shape index (κ2) is 8.98. The molecule has 0 aromatic heterocycles. The van der Waals surface area contributed by atoms with Crippen molar-refractivity contribution in [3.63, 3.8) is 0 Å². The Morgan fingerprint density at radius 2 is 1.62 bits per heavy atom. The maximum Gasteiger partial charge on any atom is 0.356 e. The molecule has 0 atom stereocenters. The van der Waals surface area contributed by atoms with Gasteiger partial charge in [0.15, 0.2) is 0 Å². The van der Waals surface area contributed by atoms with E-state index < -0.39 is 7.60 Å². The van der Waals surface area contributed by atoms with Crippen LogP contribution in [0.5, 0.6) is 0 Å². The van der Waals surface area contributed by atoms with E-state index in [1.807, 2.05) is 19.9 Å². The first-order valence-corrected chi connectivity index (χ1v) is 7.77. The molecule has 0 aliphatic carbocycles. The molecule has 0 heterocycles. The SMILES string of the molecule is CCC/C=C(\CCC)P(=O)(OCC)OCC.